The Balaban J connectivity index is 2.19. The third kappa shape index (κ3) is 3.52. The van der Waals surface area contributed by atoms with Crippen LogP contribution < -0.4 is 5.14 Å². The van der Waals surface area contributed by atoms with Crippen molar-refractivity contribution < 1.29 is 16.8 Å². The van der Waals surface area contributed by atoms with Crippen LogP contribution in [0.3, 0.4) is 0 Å². The number of hydrogen-bond donors (Lipinski definition) is 2. The Morgan fingerprint density at radius 1 is 1.11 bits per heavy atom. The third-order valence-corrected chi connectivity index (χ3v) is 4.97. The summed E-state index contributed by atoms with van der Waals surface area (Å²) in [5.74, 6) is -0.685. The summed E-state index contributed by atoms with van der Waals surface area (Å²) < 4.78 is 45.4. The van der Waals surface area contributed by atoms with Crippen molar-refractivity contribution in [3.05, 3.63) is 24.3 Å². The lowest BCUT2D eigenvalue weighted by atomic mass is 10.3. The van der Waals surface area contributed by atoms with Gasteiger partial charge in [-0.1, -0.05) is 12.1 Å². The molecule has 3 N–H and O–H groups in total. The summed E-state index contributed by atoms with van der Waals surface area (Å²) in [5, 5.41) is 4.67. The SMILES string of the molecule is NS(=O)(=O)CCCS(=O)(=O)c1nc2ccccc2[nH]1. The van der Waals surface area contributed by atoms with Crippen LogP contribution in [0.4, 0.5) is 0 Å². The summed E-state index contributed by atoms with van der Waals surface area (Å²) in [6.45, 7) is 0. The summed E-state index contributed by atoms with van der Waals surface area (Å²) in [7, 11) is -7.28. The lowest BCUT2D eigenvalue weighted by molar-refractivity contribution is 0.585. The van der Waals surface area contributed by atoms with Crippen LogP contribution in [0.1, 0.15) is 6.42 Å². The molecule has 2 aromatic rings. The van der Waals surface area contributed by atoms with Crippen molar-refractivity contribution in [2.45, 2.75) is 11.6 Å². The first kappa shape index (κ1) is 14.0. The zero-order valence-electron chi connectivity index (χ0n) is 9.90. The van der Waals surface area contributed by atoms with Crippen molar-refractivity contribution >= 4 is 30.9 Å². The number of fused-ring (bicyclic) bond motifs is 1. The van der Waals surface area contributed by atoms with Crippen molar-refractivity contribution in [2.24, 2.45) is 5.14 Å². The predicted molar refractivity (Wildman–Crippen MR) is 70.7 cm³/mol. The molecule has 2 rings (SSSR count). The van der Waals surface area contributed by atoms with Crippen LogP contribution in [0.15, 0.2) is 29.4 Å². The topological polar surface area (TPSA) is 123 Å². The average Bonchev–Trinajstić information content (AvgIpc) is 2.71. The number of sulfone groups is 1. The van der Waals surface area contributed by atoms with Crippen molar-refractivity contribution in [3.8, 4) is 0 Å². The molecule has 7 nitrogen and oxygen atoms in total. The van der Waals surface area contributed by atoms with Gasteiger partial charge in [-0.15, -0.1) is 0 Å². The number of nitrogens with two attached hydrogens (primary N) is 1. The van der Waals surface area contributed by atoms with Gasteiger partial charge in [-0.2, -0.15) is 0 Å². The molecule has 1 heterocycles. The average molecular weight is 303 g/mol. The molecular weight excluding hydrogens is 290 g/mol. The molecule has 0 aliphatic carbocycles. The highest BCUT2D eigenvalue weighted by Crippen LogP contribution is 2.15. The second-order valence-electron chi connectivity index (χ2n) is 4.10. The number of aromatic nitrogens is 2. The molecule has 0 radical (unpaired) electrons. The van der Waals surface area contributed by atoms with Gasteiger partial charge < -0.3 is 4.98 Å². The van der Waals surface area contributed by atoms with E-state index in [4.69, 9.17) is 5.14 Å². The maximum atomic E-state index is 12.0. The molecule has 9 heteroatoms. The first-order chi connectivity index (χ1) is 8.78. The van der Waals surface area contributed by atoms with Crippen molar-refractivity contribution in [1.29, 1.82) is 0 Å². The molecule has 0 spiro atoms. The van der Waals surface area contributed by atoms with Crippen LogP contribution in [0, 0.1) is 0 Å². The van der Waals surface area contributed by atoms with E-state index in [-0.39, 0.29) is 23.1 Å². The summed E-state index contributed by atoms with van der Waals surface area (Å²) >= 11 is 0. The minimum absolute atomic E-state index is 0.0573. The second kappa shape index (κ2) is 4.91. The van der Waals surface area contributed by atoms with Crippen molar-refractivity contribution in [1.82, 2.24) is 9.97 Å². The number of primary sulfonamides is 1. The number of benzene rings is 1. The molecule has 0 aliphatic heterocycles. The minimum atomic E-state index is -3.65. The number of hydrogen-bond acceptors (Lipinski definition) is 5. The summed E-state index contributed by atoms with van der Waals surface area (Å²) in [5.41, 5.74) is 1.17. The Labute approximate surface area is 110 Å². The van der Waals surface area contributed by atoms with Gasteiger partial charge in [0, 0.05) is 0 Å². The lowest BCUT2D eigenvalue weighted by Crippen LogP contribution is -2.19. The molecule has 0 amide bonds. The molecule has 0 saturated heterocycles. The largest absolute Gasteiger partial charge is 0.329 e. The van der Waals surface area contributed by atoms with Gasteiger partial charge in [0.05, 0.1) is 22.5 Å². The molecule has 0 bridgehead atoms. The fourth-order valence-electron chi connectivity index (χ4n) is 1.62. The number of nitrogens with zero attached hydrogens (tertiary/aromatic N) is 1. The van der Waals surface area contributed by atoms with Crippen LogP contribution in [-0.4, -0.2) is 38.3 Å². The second-order valence-corrected chi connectivity index (χ2v) is 7.86. The van der Waals surface area contributed by atoms with Crippen molar-refractivity contribution in [3.63, 3.8) is 0 Å². The highest BCUT2D eigenvalue weighted by Gasteiger charge is 2.19. The molecular formula is C10H13N3O4S2. The van der Waals surface area contributed by atoms with Gasteiger partial charge in [-0.3, -0.25) is 0 Å². The van der Waals surface area contributed by atoms with Crippen LogP contribution in [0.25, 0.3) is 11.0 Å². The number of nitrogens with one attached hydrogen (secondary N) is 1. The number of aromatic amines is 1. The summed E-state index contributed by atoms with van der Waals surface area (Å²) in [6, 6.07) is 6.92. The highest BCUT2D eigenvalue weighted by molar-refractivity contribution is 7.91. The Morgan fingerprint density at radius 3 is 2.42 bits per heavy atom. The molecule has 0 fully saturated rings. The molecule has 1 aromatic carbocycles. The maximum Gasteiger partial charge on any atom is 0.226 e. The van der Waals surface area contributed by atoms with Gasteiger partial charge in [0.1, 0.15) is 0 Å². The minimum Gasteiger partial charge on any atom is -0.329 e. The van der Waals surface area contributed by atoms with E-state index in [9.17, 15) is 16.8 Å². The highest BCUT2D eigenvalue weighted by atomic mass is 32.2. The molecule has 1 aromatic heterocycles. The van der Waals surface area contributed by atoms with E-state index < -0.39 is 19.9 Å². The van der Waals surface area contributed by atoms with Crippen LogP contribution in [0.5, 0.6) is 0 Å². The fourth-order valence-corrected chi connectivity index (χ4v) is 3.57. The molecule has 104 valence electrons. The zero-order valence-corrected chi connectivity index (χ0v) is 11.5. The van der Waals surface area contributed by atoms with Crippen molar-refractivity contribution in [2.75, 3.05) is 11.5 Å². The standard InChI is InChI=1S/C10H13N3O4S2/c11-19(16,17)7-3-6-18(14,15)10-12-8-4-1-2-5-9(8)13-10/h1-2,4-5H,3,6-7H2,(H,12,13)(H2,11,16,17). The summed E-state index contributed by atoms with van der Waals surface area (Å²) in [6.07, 6.45) is -0.0573. The van der Waals surface area contributed by atoms with Crippen LogP contribution in [-0.2, 0) is 19.9 Å². The Bertz CT molecular complexity index is 760. The molecule has 19 heavy (non-hydrogen) atoms. The first-order valence-corrected chi connectivity index (χ1v) is 8.83. The fraction of sp³-hybridized carbons (Fsp3) is 0.300. The molecule has 0 unspecified atom stereocenters. The van der Waals surface area contributed by atoms with E-state index in [2.05, 4.69) is 9.97 Å². The van der Waals surface area contributed by atoms with Gasteiger partial charge in [-0.05, 0) is 18.6 Å². The quantitative estimate of drug-likeness (QED) is 0.805. The monoisotopic (exact) mass is 303 g/mol. The van der Waals surface area contributed by atoms with Gasteiger partial charge in [0.2, 0.25) is 25.0 Å². The third-order valence-electron chi connectivity index (χ3n) is 2.50. The number of sulfonamides is 1. The van der Waals surface area contributed by atoms with Gasteiger partial charge in [0.15, 0.2) is 0 Å². The predicted octanol–water partition coefficient (Wildman–Crippen LogP) is 0.0152. The number of para-hydroxylation sites is 2. The van der Waals surface area contributed by atoms with Crippen LogP contribution >= 0.6 is 0 Å². The number of rotatable bonds is 5. The van der Waals surface area contributed by atoms with Crippen LogP contribution in [0.2, 0.25) is 0 Å². The normalized spacial score (nSPS) is 12.9. The van der Waals surface area contributed by atoms with E-state index in [1.165, 1.54) is 0 Å². The van der Waals surface area contributed by atoms with Gasteiger partial charge in [-0.25, -0.2) is 27.0 Å². The van der Waals surface area contributed by atoms with E-state index in [0.717, 1.165) is 0 Å². The van der Waals surface area contributed by atoms with Gasteiger partial charge >= 0.3 is 0 Å². The van der Waals surface area contributed by atoms with Gasteiger partial charge in [0.25, 0.3) is 0 Å². The van der Waals surface area contributed by atoms with E-state index in [1.807, 2.05) is 0 Å². The van der Waals surface area contributed by atoms with E-state index in [1.54, 1.807) is 24.3 Å². The summed E-state index contributed by atoms with van der Waals surface area (Å²) in [4.78, 5) is 6.68. The smallest absolute Gasteiger partial charge is 0.226 e. The van der Waals surface area contributed by atoms with E-state index in [0.29, 0.717) is 11.0 Å². The number of imidazole rings is 1. The Kier molecular flexibility index (Phi) is 3.61. The molecule has 0 saturated carbocycles. The first-order valence-electron chi connectivity index (χ1n) is 5.46. The lowest BCUT2D eigenvalue weighted by Gasteiger charge is -2.00. The van der Waals surface area contributed by atoms with E-state index >= 15 is 0 Å². The molecule has 0 aliphatic rings. The molecule has 0 atom stereocenters. The Morgan fingerprint density at radius 2 is 1.79 bits per heavy atom. The Hall–Kier alpha value is -1.45. The zero-order chi connectivity index (χ0) is 14.1. The maximum absolute atomic E-state index is 12.0. The number of H-pyrrole nitrogens is 1.